The summed E-state index contributed by atoms with van der Waals surface area (Å²) in [6.45, 7) is 1.27. The third-order valence-electron chi connectivity index (χ3n) is 4.73. The van der Waals surface area contributed by atoms with Crippen LogP contribution in [0.4, 0.5) is 0 Å². The van der Waals surface area contributed by atoms with Gasteiger partial charge in [0.1, 0.15) is 4.90 Å². The van der Waals surface area contributed by atoms with Gasteiger partial charge in [-0.25, -0.2) is 13.1 Å². The number of carbonyl (C=O) groups excluding carboxylic acids is 1. The van der Waals surface area contributed by atoms with Crippen LogP contribution in [0.15, 0.2) is 47.6 Å². The Morgan fingerprint density at radius 2 is 2.00 bits per heavy atom. The number of halogens is 1. The molecule has 8 nitrogen and oxygen atoms in total. The maximum atomic E-state index is 12.5. The molecule has 1 amide bonds. The summed E-state index contributed by atoms with van der Waals surface area (Å²) >= 11 is 0. The Labute approximate surface area is 165 Å². The van der Waals surface area contributed by atoms with Crippen molar-refractivity contribution in [3.63, 3.8) is 0 Å². The van der Waals surface area contributed by atoms with Crippen molar-refractivity contribution in [2.24, 2.45) is 18.7 Å². The zero-order valence-electron chi connectivity index (χ0n) is 15.0. The summed E-state index contributed by atoms with van der Waals surface area (Å²) in [5.41, 5.74) is 7.03. The molecule has 1 fully saturated rings. The molecule has 0 radical (unpaired) electrons. The highest BCUT2D eigenvalue weighted by Gasteiger charge is 2.35. The van der Waals surface area contributed by atoms with E-state index < -0.39 is 10.0 Å². The first kappa shape index (κ1) is 21.4. The van der Waals surface area contributed by atoms with Crippen molar-refractivity contribution >= 4 is 28.3 Å². The maximum absolute atomic E-state index is 12.5. The Bertz CT molecular complexity index is 872. The largest absolute Gasteiger partial charge is 0.341 e. The number of hydrogen-bond acceptors (Lipinski definition) is 5. The van der Waals surface area contributed by atoms with Crippen molar-refractivity contribution in [2.75, 3.05) is 26.2 Å². The molecule has 3 rings (SSSR count). The Morgan fingerprint density at radius 1 is 1.30 bits per heavy atom. The van der Waals surface area contributed by atoms with Crippen molar-refractivity contribution in [1.29, 1.82) is 0 Å². The maximum Gasteiger partial charge on any atom is 0.244 e. The number of nitrogens with two attached hydrogens (primary N) is 1. The summed E-state index contributed by atoms with van der Waals surface area (Å²) in [5.74, 6) is 0.0747. The van der Waals surface area contributed by atoms with Crippen LogP contribution in [0.2, 0.25) is 0 Å². The molecule has 0 spiro atoms. The van der Waals surface area contributed by atoms with Gasteiger partial charge in [-0.2, -0.15) is 5.10 Å². The predicted molar refractivity (Wildman–Crippen MR) is 104 cm³/mol. The highest BCUT2D eigenvalue weighted by atomic mass is 35.5. The molecule has 1 aromatic carbocycles. The number of sulfonamides is 1. The zero-order chi connectivity index (χ0) is 18.7. The molecule has 0 aliphatic carbocycles. The number of aryl methyl sites for hydroxylation is 1. The van der Waals surface area contributed by atoms with Crippen LogP contribution in [-0.4, -0.2) is 55.2 Å². The van der Waals surface area contributed by atoms with Crippen molar-refractivity contribution in [2.45, 2.75) is 10.8 Å². The van der Waals surface area contributed by atoms with Gasteiger partial charge in [0.15, 0.2) is 0 Å². The van der Waals surface area contributed by atoms with Crippen LogP contribution < -0.4 is 10.5 Å². The summed E-state index contributed by atoms with van der Waals surface area (Å²) in [6.07, 6.45) is 2.64. The van der Waals surface area contributed by atoms with E-state index in [9.17, 15) is 13.2 Å². The predicted octanol–water partition coefficient (Wildman–Crippen LogP) is 0.321. The van der Waals surface area contributed by atoms with E-state index in [2.05, 4.69) is 9.82 Å². The van der Waals surface area contributed by atoms with E-state index in [0.29, 0.717) is 19.6 Å². The summed E-state index contributed by atoms with van der Waals surface area (Å²) in [4.78, 5) is 14.2. The van der Waals surface area contributed by atoms with Gasteiger partial charge in [-0.1, -0.05) is 30.3 Å². The number of likely N-dealkylation sites (tertiary alicyclic amines) is 1. The standard InChI is InChI=1S/C17H23N5O3S.ClH/c1-21-11-15(8-19-21)26(24,25)20-9-17(23)22-10-14(7-18)16(12-22)13-5-3-2-4-6-13;/h2-6,8,11,14,16,20H,7,9-10,12,18H2,1H3;1H/t14-,16+;/m1./s1. The third-order valence-corrected chi connectivity index (χ3v) is 6.08. The molecule has 0 unspecified atom stereocenters. The molecule has 1 aliphatic rings. The van der Waals surface area contributed by atoms with Crippen LogP contribution in [-0.2, 0) is 21.9 Å². The van der Waals surface area contributed by atoms with Gasteiger partial charge in [0.2, 0.25) is 15.9 Å². The highest BCUT2D eigenvalue weighted by molar-refractivity contribution is 7.89. The number of benzene rings is 1. The molecule has 1 aliphatic heterocycles. The van der Waals surface area contributed by atoms with Crippen molar-refractivity contribution in [3.05, 3.63) is 48.3 Å². The van der Waals surface area contributed by atoms with Gasteiger partial charge in [-0.15, -0.1) is 12.4 Å². The number of carbonyl (C=O) groups is 1. The van der Waals surface area contributed by atoms with E-state index in [1.54, 1.807) is 11.9 Å². The third kappa shape index (κ3) is 4.86. The Kier molecular flexibility index (Phi) is 6.99. The monoisotopic (exact) mass is 413 g/mol. The van der Waals surface area contributed by atoms with E-state index in [0.717, 1.165) is 5.56 Å². The van der Waals surface area contributed by atoms with Crippen molar-refractivity contribution < 1.29 is 13.2 Å². The number of nitrogens with one attached hydrogen (secondary N) is 1. The normalized spacial score (nSPS) is 19.7. The van der Waals surface area contributed by atoms with Crippen LogP contribution in [0.5, 0.6) is 0 Å². The fourth-order valence-electron chi connectivity index (χ4n) is 3.28. The first-order valence-corrected chi connectivity index (χ1v) is 9.90. The molecular weight excluding hydrogens is 390 g/mol. The second-order valence-corrected chi connectivity index (χ2v) is 8.25. The number of hydrogen-bond donors (Lipinski definition) is 2. The number of nitrogens with zero attached hydrogens (tertiary/aromatic N) is 3. The average Bonchev–Trinajstić information content (AvgIpc) is 3.27. The first-order chi connectivity index (χ1) is 12.4. The SMILES string of the molecule is Cl.Cn1cc(S(=O)(=O)NCC(=O)N2C[C@@H](CN)[C@H](c3ccccc3)C2)cn1. The van der Waals surface area contributed by atoms with Gasteiger partial charge in [0.05, 0.1) is 12.7 Å². The molecule has 2 aromatic rings. The lowest BCUT2D eigenvalue weighted by Gasteiger charge is -2.17. The van der Waals surface area contributed by atoms with Gasteiger partial charge < -0.3 is 10.6 Å². The van der Waals surface area contributed by atoms with E-state index in [1.807, 2.05) is 30.3 Å². The number of rotatable bonds is 6. The molecule has 0 bridgehead atoms. The molecule has 2 atom stereocenters. The minimum Gasteiger partial charge on any atom is -0.341 e. The average molecular weight is 414 g/mol. The smallest absolute Gasteiger partial charge is 0.244 e. The highest BCUT2D eigenvalue weighted by Crippen LogP contribution is 2.31. The lowest BCUT2D eigenvalue weighted by atomic mass is 9.89. The van der Waals surface area contributed by atoms with Crippen molar-refractivity contribution in [3.8, 4) is 0 Å². The summed E-state index contributed by atoms with van der Waals surface area (Å²) in [7, 11) is -2.12. The minimum absolute atomic E-state index is 0. The molecule has 10 heteroatoms. The first-order valence-electron chi connectivity index (χ1n) is 8.42. The van der Waals surface area contributed by atoms with Gasteiger partial charge in [-0.3, -0.25) is 9.48 Å². The Morgan fingerprint density at radius 3 is 2.59 bits per heavy atom. The topological polar surface area (TPSA) is 110 Å². The van der Waals surface area contributed by atoms with Gasteiger partial charge in [-0.05, 0) is 18.0 Å². The molecule has 0 saturated carbocycles. The lowest BCUT2D eigenvalue weighted by Crippen LogP contribution is -2.39. The molecule has 3 N–H and O–H groups in total. The molecule has 148 valence electrons. The summed E-state index contributed by atoms with van der Waals surface area (Å²) in [6, 6.07) is 9.95. The van der Waals surface area contributed by atoms with Crippen LogP contribution in [0.25, 0.3) is 0 Å². The van der Waals surface area contributed by atoms with Crippen LogP contribution in [0, 0.1) is 5.92 Å². The summed E-state index contributed by atoms with van der Waals surface area (Å²) < 4.78 is 28.2. The molecule has 1 aromatic heterocycles. The second-order valence-electron chi connectivity index (χ2n) is 6.49. The lowest BCUT2D eigenvalue weighted by molar-refractivity contribution is -0.129. The van der Waals surface area contributed by atoms with E-state index in [1.165, 1.54) is 17.1 Å². The van der Waals surface area contributed by atoms with E-state index in [-0.39, 0.29) is 41.6 Å². The van der Waals surface area contributed by atoms with Crippen LogP contribution in [0.1, 0.15) is 11.5 Å². The Hall–Kier alpha value is -1.94. The van der Waals surface area contributed by atoms with Gasteiger partial charge in [0.25, 0.3) is 0 Å². The molecule has 2 heterocycles. The molecule has 27 heavy (non-hydrogen) atoms. The van der Waals surface area contributed by atoms with Crippen molar-refractivity contribution in [1.82, 2.24) is 19.4 Å². The van der Waals surface area contributed by atoms with Gasteiger partial charge >= 0.3 is 0 Å². The van der Waals surface area contributed by atoms with Gasteiger partial charge in [0, 0.05) is 32.3 Å². The Balaban J connectivity index is 0.00000261. The van der Waals surface area contributed by atoms with E-state index >= 15 is 0 Å². The van der Waals surface area contributed by atoms with E-state index in [4.69, 9.17) is 5.73 Å². The quantitative estimate of drug-likeness (QED) is 0.708. The second kappa shape index (κ2) is 8.83. The fraction of sp³-hybridized carbons (Fsp3) is 0.412. The minimum atomic E-state index is -3.75. The summed E-state index contributed by atoms with van der Waals surface area (Å²) in [5, 5.41) is 3.84. The zero-order valence-corrected chi connectivity index (χ0v) is 16.6. The van der Waals surface area contributed by atoms with Crippen LogP contribution >= 0.6 is 12.4 Å². The number of amides is 1. The molecule has 1 saturated heterocycles. The fourth-order valence-corrected chi connectivity index (χ4v) is 4.24. The number of aromatic nitrogens is 2. The molecular formula is C17H24ClN5O3S. The van der Waals surface area contributed by atoms with Crippen LogP contribution in [0.3, 0.4) is 0 Å².